The summed E-state index contributed by atoms with van der Waals surface area (Å²) in [7, 11) is 3.64. The lowest BCUT2D eigenvalue weighted by Crippen LogP contribution is -2.18. The van der Waals surface area contributed by atoms with Crippen molar-refractivity contribution in [1.29, 1.82) is 0 Å². The lowest BCUT2D eigenvalue weighted by Gasteiger charge is -2.16. The maximum atomic E-state index is 11.7. The Balaban J connectivity index is 0.000000795. The van der Waals surface area contributed by atoms with Gasteiger partial charge >= 0.3 is 0 Å². The molecule has 37 heavy (non-hydrogen) atoms. The number of unbranched alkanes of at least 4 members (excludes halogenated alkanes) is 1. The topological polar surface area (TPSA) is 50.4 Å². The van der Waals surface area contributed by atoms with Gasteiger partial charge in [-0.1, -0.05) is 82.7 Å². The monoisotopic (exact) mass is 510 g/mol. The molecule has 0 aromatic heterocycles. The number of rotatable bonds is 17. The first kappa shape index (κ1) is 34.6. The fourth-order valence-corrected chi connectivity index (χ4v) is 3.89. The minimum Gasteiger partial charge on any atom is -0.378 e. The number of carbonyl (C=O) groups excluding carboxylic acids is 1. The Kier molecular flexibility index (Phi) is 21.2. The van der Waals surface area contributed by atoms with E-state index in [9.17, 15) is 4.79 Å². The van der Waals surface area contributed by atoms with Crippen molar-refractivity contribution < 1.29 is 9.53 Å². The molecule has 1 atom stereocenters. The second kappa shape index (κ2) is 22.7. The fraction of sp³-hybridized carbons (Fsp3) is 0.545. The molecule has 0 bridgehead atoms. The zero-order valence-corrected chi connectivity index (χ0v) is 24.8. The van der Waals surface area contributed by atoms with E-state index in [1.807, 2.05) is 13.1 Å². The number of nitrogens with one attached hydrogen (secondary N) is 2. The number of hydrogen-bond donors (Lipinski definition) is 2. The molecule has 4 nitrogen and oxygen atoms in total. The van der Waals surface area contributed by atoms with Gasteiger partial charge in [0.15, 0.2) is 0 Å². The number of likely N-dealkylation sites (N-methyl/N-ethyl adjacent to an activating group) is 1. The van der Waals surface area contributed by atoms with Crippen LogP contribution < -0.4 is 10.6 Å². The van der Waals surface area contributed by atoms with E-state index in [1.54, 1.807) is 20.0 Å². The Hall–Kier alpha value is -2.43. The number of carbonyl (C=O) groups is 1. The summed E-state index contributed by atoms with van der Waals surface area (Å²) in [5.74, 6) is -0.0716. The summed E-state index contributed by atoms with van der Waals surface area (Å²) in [4.78, 5) is 11.7. The number of ether oxygens (including phenoxy) is 1. The highest BCUT2D eigenvalue weighted by Gasteiger charge is 2.07. The lowest BCUT2D eigenvalue weighted by atomic mass is 9.97. The first-order chi connectivity index (χ1) is 17.9. The van der Waals surface area contributed by atoms with Crippen LogP contribution in [-0.4, -0.2) is 39.3 Å². The molecular formula is C33H54N2O2. The second-order valence-corrected chi connectivity index (χ2v) is 9.43. The van der Waals surface area contributed by atoms with Crippen LogP contribution in [0.15, 0.2) is 71.9 Å². The van der Waals surface area contributed by atoms with Crippen LogP contribution in [0, 0.1) is 6.92 Å². The lowest BCUT2D eigenvalue weighted by molar-refractivity contribution is -0.117. The standard InChI is InChI=1S/C21H27NO.C12H27NO/c1-6-10-19(15-20-12-9-8-11-16(20)3)14-18(7-2)13-17(4)21(23)22-5;1-4-6-11-14-12(8-5-2)9-7-10-13-3/h7-14H,2,6,15H2,1,3-5H3,(H,22,23);12-13H,4-11H2,1-3H3/b17-13+,18-14-,19-10-;. The first-order valence-electron chi connectivity index (χ1n) is 14.1. The Labute approximate surface area is 228 Å². The number of hydrogen-bond acceptors (Lipinski definition) is 3. The van der Waals surface area contributed by atoms with Crippen molar-refractivity contribution in [2.45, 2.75) is 92.1 Å². The van der Waals surface area contributed by atoms with Crippen LogP contribution in [0.4, 0.5) is 0 Å². The third-order valence-electron chi connectivity index (χ3n) is 6.09. The average Bonchev–Trinajstić information content (AvgIpc) is 2.89. The van der Waals surface area contributed by atoms with Crippen LogP contribution >= 0.6 is 0 Å². The highest BCUT2D eigenvalue weighted by molar-refractivity contribution is 5.93. The van der Waals surface area contributed by atoms with Gasteiger partial charge in [-0.05, 0) is 94.3 Å². The molecule has 0 saturated carbocycles. The zero-order chi connectivity index (χ0) is 27.9. The summed E-state index contributed by atoms with van der Waals surface area (Å²) in [5, 5.41) is 5.81. The van der Waals surface area contributed by atoms with Crippen molar-refractivity contribution in [1.82, 2.24) is 10.6 Å². The van der Waals surface area contributed by atoms with Gasteiger partial charge in [0.25, 0.3) is 0 Å². The van der Waals surface area contributed by atoms with Crippen molar-refractivity contribution in [2.75, 3.05) is 27.2 Å². The van der Waals surface area contributed by atoms with E-state index in [0.717, 1.165) is 31.6 Å². The van der Waals surface area contributed by atoms with Gasteiger partial charge in [-0.25, -0.2) is 0 Å². The van der Waals surface area contributed by atoms with Gasteiger partial charge in [0.05, 0.1) is 6.10 Å². The molecule has 0 aliphatic carbocycles. The maximum absolute atomic E-state index is 11.7. The predicted octanol–water partition coefficient (Wildman–Crippen LogP) is 7.65. The minimum atomic E-state index is -0.0716. The van der Waals surface area contributed by atoms with Gasteiger partial charge < -0.3 is 15.4 Å². The maximum Gasteiger partial charge on any atom is 0.246 e. The zero-order valence-electron chi connectivity index (χ0n) is 24.8. The largest absolute Gasteiger partial charge is 0.378 e. The molecule has 1 rings (SSSR count). The Morgan fingerprint density at radius 2 is 1.78 bits per heavy atom. The molecule has 1 aromatic rings. The quantitative estimate of drug-likeness (QED) is 0.129. The van der Waals surface area contributed by atoms with Crippen LogP contribution in [0.3, 0.4) is 0 Å². The number of aryl methyl sites for hydroxylation is 1. The van der Waals surface area contributed by atoms with Crippen LogP contribution in [0.25, 0.3) is 0 Å². The molecular weight excluding hydrogens is 456 g/mol. The molecule has 208 valence electrons. The molecule has 4 heteroatoms. The van der Waals surface area contributed by atoms with E-state index >= 15 is 0 Å². The molecule has 0 fully saturated rings. The van der Waals surface area contributed by atoms with Gasteiger partial charge in [-0.15, -0.1) is 0 Å². The molecule has 0 aliphatic heterocycles. The van der Waals surface area contributed by atoms with Gasteiger partial charge in [-0.3, -0.25) is 4.79 Å². The molecule has 0 spiro atoms. The summed E-state index contributed by atoms with van der Waals surface area (Å²) >= 11 is 0. The molecule has 1 amide bonds. The van der Waals surface area contributed by atoms with Gasteiger partial charge in [0.2, 0.25) is 5.91 Å². The van der Waals surface area contributed by atoms with Crippen LogP contribution in [0.1, 0.15) is 83.8 Å². The third-order valence-corrected chi connectivity index (χ3v) is 6.09. The summed E-state index contributed by atoms with van der Waals surface area (Å²) in [6.45, 7) is 16.4. The van der Waals surface area contributed by atoms with Gasteiger partial charge in [-0.2, -0.15) is 0 Å². The van der Waals surface area contributed by atoms with Crippen molar-refractivity contribution in [3.63, 3.8) is 0 Å². The van der Waals surface area contributed by atoms with E-state index in [0.29, 0.717) is 11.7 Å². The minimum absolute atomic E-state index is 0.0716. The van der Waals surface area contributed by atoms with Gasteiger partial charge in [0.1, 0.15) is 0 Å². The van der Waals surface area contributed by atoms with Crippen LogP contribution in [0.5, 0.6) is 0 Å². The molecule has 0 heterocycles. The Bertz CT molecular complexity index is 842. The molecule has 1 unspecified atom stereocenters. The van der Waals surface area contributed by atoms with E-state index < -0.39 is 0 Å². The van der Waals surface area contributed by atoms with Crippen LogP contribution in [0.2, 0.25) is 0 Å². The number of benzene rings is 1. The SMILES string of the molecule is C=CC(=C/C(=C/CC)Cc1ccccc1C)/C=C(\C)C(=O)NC.CCCCOC(CCC)CCCNC. The molecule has 0 aliphatic rings. The van der Waals surface area contributed by atoms with Crippen molar-refractivity contribution in [2.24, 2.45) is 0 Å². The van der Waals surface area contributed by atoms with Crippen LogP contribution in [-0.2, 0) is 16.0 Å². The molecule has 2 N–H and O–H groups in total. The molecule has 0 radical (unpaired) electrons. The van der Waals surface area contributed by atoms with Crippen molar-refractivity contribution in [3.05, 3.63) is 83.0 Å². The van der Waals surface area contributed by atoms with Crippen molar-refractivity contribution in [3.8, 4) is 0 Å². The summed E-state index contributed by atoms with van der Waals surface area (Å²) < 4.78 is 5.84. The highest BCUT2D eigenvalue weighted by atomic mass is 16.5. The molecule has 1 aromatic carbocycles. The smallest absolute Gasteiger partial charge is 0.246 e. The van der Waals surface area contributed by atoms with E-state index in [1.165, 1.54) is 55.2 Å². The normalized spacial score (nSPS) is 13.0. The van der Waals surface area contributed by atoms with E-state index in [2.05, 4.69) is 81.3 Å². The van der Waals surface area contributed by atoms with Crippen molar-refractivity contribution >= 4 is 5.91 Å². The Morgan fingerprint density at radius 1 is 1.05 bits per heavy atom. The fourth-order valence-electron chi connectivity index (χ4n) is 3.89. The summed E-state index contributed by atoms with van der Waals surface area (Å²) in [6.07, 6.45) is 17.7. The Morgan fingerprint density at radius 3 is 2.35 bits per heavy atom. The predicted molar refractivity (Wildman–Crippen MR) is 162 cm³/mol. The number of amides is 1. The summed E-state index contributed by atoms with van der Waals surface area (Å²) in [6, 6.07) is 8.42. The first-order valence-corrected chi connectivity index (χ1v) is 14.1. The van der Waals surface area contributed by atoms with Gasteiger partial charge in [0, 0.05) is 19.2 Å². The summed E-state index contributed by atoms with van der Waals surface area (Å²) in [5.41, 5.74) is 5.46. The average molecular weight is 511 g/mol. The van der Waals surface area contributed by atoms with E-state index in [4.69, 9.17) is 4.74 Å². The molecule has 0 saturated heterocycles. The second-order valence-electron chi connectivity index (χ2n) is 9.43. The number of allylic oxidation sites excluding steroid dienone is 6. The van der Waals surface area contributed by atoms with E-state index in [-0.39, 0.29) is 5.91 Å². The highest BCUT2D eigenvalue weighted by Crippen LogP contribution is 2.17. The third kappa shape index (κ3) is 16.8.